The first-order valence-corrected chi connectivity index (χ1v) is 29.6. The molecule has 0 aromatic heterocycles. The molecule has 0 N–H and O–H groups in total. The maximum atomic E-state index is 12.8. The molecule has 396 valence electrons. The van der Waals surface area contributed by atoms with E-state index in [0.29, 0.717) is 19.3 Å². The van der Waals surface area contributed by atoms with E-state index in [4.69, 9.17) is 14.2 Å². The molecular formula is C62H112O6. The first kappa shape index (κ1) is 65.4. The van der Waals surface area contributed by atoms with Crippen LogP contribution in [0, 0.1) is 0 Å². The summed E-state index contributed by atoms with van der Waals surface area (Å²) in [6.07, 6.45) is 70.1. The van der Waals surface area contributed by atoms with E-state index < -0.39 is 6.10 Å². The third-order valence-electron chi connectivity index (χ3n) is 13.1. The van der Waals surface area contributed by atoms with E-state index in [1.54, 1.807) is 0 Å². The van der Waals surface area contributed by atoms with Crippen molar-refractivity contribution < 1.29 is 28.6 Å². The SMILES string of the molecule is CCCCC/C=C\C/C=C\CCCCCCCC(=O)OC(COC(=O)CCCCCCCC)COC(=O)CCCCCCCCCCCCCCCCCCC/C=C\C/C=C\CCCCCCC. The van der Waals surface area contributed by atoms with Crippen LogP contribution >= 0.6 is 0 Å². The molecule has 1 unspecified atom stereocenters. The Morgan fingerprint density at radius 1 is 0.294 bits per heavy atom. The van der Waals surface area contributed by atoms with Gasteiger partial charge < -0.3 is 14.2 Å². The average molecular weight is 954 g/mol. The summed E-state index contributed by atoms with van der Waals surface area (Å²) in [5, 5.41) is 0. The number of hydrogen-bond acceptors (Lipinski definition) is 6. The minimum atomic E-state index is -0.775. The molecule has 0 aromatic carbocycles. The Hall–Kier alpha value is -2.63. The molecule has 0 spiro atoms. The van der Waals surface area contributed by atoms with Gasteiger partial charge in [0.05, 0.1) is 0 Å². The normalized spacial score (nSPS) is 12.3. The van der Waals surface area contributed by atoms with Crippen LogP contribution in [0.5, 0.6) is 0 Å². The first-order valence-electron chi connectivity index (χ1n) is 29.6. The Labute approximate surface area is 422 Å². The fraction of sp³-hybridized carbons (Fsp3) is 0.823. The van der Waals surface area contributed by atoms with Crippen molar-refractivity contribution in [3.8, 4) is 0 Å². The highest BCUT2D eigenvalue weighted by atomic mass is 16.6. The smallest absolute Gasteiger partial charge is 0.306 e. The maximum absolute atomic E-state index is 12.8. The van der Waals surface area contributed by atoms with Crippen LogP contribution in [-0.2, 0) is 28.6 Å². The Morgan fingerprint density at radius 2 is 0.529 bits per heavy atom. The summed E-state index contributed by atoms with van der Waals surface area (Å²) in [4.78, 5) is 37.8. The molecule has 68 heavy (non-hydrogen) atoms. The molecule has 6 heteroatoms. The average Bonchev–Trinajstić information content (AvgIpc) is 3.34. The first-order chi connectivity index (χ1) is 33.5. The van der Waals surface area contributed by atoms with Gasteiger partial charge in [0.15, 0.2) is 6.10 Å². The van der Waals surface area contributed by atoms with Gasteiger partial charge in [-0.1, -0.05) is 256 Å². The highest BCUT2D eigenvalue weighted by molar-refractivity contribution is 5.71. The number of carbonyl (C=O) groups excluding carboxylic acids is 3. The van der Waals surface area contributed by atoms with E-state index >= 15 is 0 Å². The molecule has 0 radical (unpaired) electrons. The van der Waals surface area contributed by atoms with Crippen LogP contribution < -0.4 is 0 Å². The predicted molar refractivity (Wildman–Crippen MR) is 293 cm³/mol. The van der Waals surface area contributed by atoms with Gasteiger partial charge in [0.25, 0.3) is 0 Å². The van der Waals surface area contributed by atoms with E-state index in [2.05, 4.69) is 69.4 Å². The van der Waals surface area contributed by atoms with Crippen molar-refractivity contribution in [2.24, 2.45) is 0 Å². The Balaban J connectivity index is 4.02. The van der Waals surface area contributed by atoms with Crippen molar-refractivity contribution in [2.45, 2.75) is 316 Å². The van der Waals surface area contributed by atoms with Crippen LogP contribution in [0.2, 0.25) is 0 Å². The molecule has 0 rings (SSSR count). The van der Waals surface area contributed by atoms with Crippen LogP contribution in [0.4, 0.5) is 0 Å². The molecule has 0 aromatic rings. The number of hydrogen-bond donors (Lipinski definition) is 0. The molecule has 0 aliphatic heterocycles. The highest BCUT2D eigenvalue weighted by Crippen LogP contribution is 2.16. The third kappa shape index (κ3) is 54.3. The lowest BCUT2D eigenvalue weighted by Crippen LogP contribution is -2.30. The van der Waals surface area contributed by atoms with Crippen LogP contribution in [0.3, 0.4) is 0 Å². The highest BCUT2D eigenvalue weighted by Gasteiger charge is 2.19. The van der Waals surface area contributed by atoms with Gasteiger partial charge in [-0.2, -0.15) is 0 Å². The summed E-state index contributed by atoms with van der Waals surface area (Å²) in [7, 11) is 0. The molecule has 0 aliphatic rings. The number of unbranched alkanes of at least 4 members (excludes halogenated alkanes) is 35. The molecule has 0 bridgehead atoms. The molecule has 0 fully saturated rings. The molecule has 1 atom stereocenters. The van der Waals surface area contributed by atoms with Crippen LogP contribution in [0.15, 0.2) is 48.6 Å². The summed E-state index contributed by atoms with van der Waals surface area (Å²) >= 11 is 0. The fourth-order valence-electron chi connectivity index (χ4n) is 8.56. The zero-order valence-corrected chi connectivity index (χ0v) is 45.4. The van der Waals surface area contributed by atoms with E-state index in [-0.39, 0.29) is 31.1 Å². The van der Waals surface area contributed by atoms with Crippen molar-refractivity contribution >= 4 is 17.9 Å². The lowest BCUT2D eigenvalue weighted by atomic mass is 10.0. The number of ether oxygens (including phenoxy) is 3. The van der Waals surface area contributed by atoms with Gasteiger partial charge in [-0.15, -0.1) is 0 Å². The maximum Gasteiger partial charge on any atom is 0.306 e. The molecule has 0 heterocycles. The van der Waals surface area contributed by atoms with Gasteiger partial charge in [0.1, 0.15) is 13.2 Å². The van der Waals surface area contributed by atoms with E-state index in [0.717, 1.165) is 89.9 Å². The largest absolute Gasteiger partial charge is 0.462 e. The Morgan fingerprint density at radius 3 is 0.838 bits per heavy atom. The minimum Gasteiger partial charge on any atom is -0.462 e. The van der Waals surface area contributed by atoms with Crippen molar-refractivity contribution in [2.75, 3.05) is 13.2 Å². The standard InChI is InChI=1S/C62H112O6/c1-4-7-10-13-16-18-20-22-24-25-26-27-28-29-30-31-32-33-34-35-36-37-39-40-42-44-46-49-52-55-61(64)67-58-59(57-66-60(63)54-51-48-15-12-9-6-3)68-62(65)56-53-50-47-45-43-41-38-23-21-19-17-14-11-8-5-2/h17,19-20,22-23,25-26,38,59H,4-16,18,21,24,27-37,39-58H2,1-3H3/b19-17-,22-20-,26-25-,38-23-. The minimum absolute atomic E-state index is 0.0761. The third-order valence-corrected chi connectivity index (χ3v) is 13.1. The van der Waals surface area contributed by atoms with E-state index in [9.17, 15) is 14.4 Å². The molecular weight excluding hydrogens is 841 g/mol. The van der Waals surface area contributed by atoms with Gasteiger partial charge in [0, 0.05) is 19.3 Å². The monoisotopic (exact) mass is 953 g/mol. The number of allylic oxidation sites excluding steroid dienone is 8. The quantitative estimate of drug-likeness (QED) is 0.0262. The van der Waals surface area contributed by atoms with Gasteiger partial charge in [-0.25, -0.2) is 0 Å². The number of rotatable bonds is 54. The summed E-state index contributed by atoms with van der Waals surface area (Å²) in [5.41, 5.74) is 0. The summed E-state index contributed by atoms with van der Waals surface area (Å²) < 4.78 is 16.7. The summed E-state index contributed by atoms with van der Waals surface area (Å²) in [6.45, 7) is 6.56. The fourth-order valence-corrected chi connectivity index (χ4v) is 8.56. The van der Waals surface area contributed by atoms with Crippen LogP contribution in [0.25, 0.3) is 0 Å². The van der Waals surface area contributed by atoms with Crippen molar-refractivity contribution in [1.82, 2.24) is 0 Å². The van der Waals surface area contributed by atoms with Crippen molar-refractivity contribution in [3.63, 3.8) is 0 Å². The van der Waals surface area contributed by atoms with Gasteiger partial charge >= 0.3 is 17.9 Å². The van der Waals surface area contributed by atoms with Crippen LogP contribution in [0.1, 0.15) is 310 Å². The second-order valence-corrected chi connectivity index (χ2v) is 19.9. The second-order valence-electron chi connectivity index (χ2n) is 19.9. The zero-order valence-electron chi connectivity index (χ0n) is 45.4. The Bertz CT molecular complexity index is 1190. The number of carbonyl (C=O) groups is 3. The molecule has 0 amide bonds. The zero-order chi connectivity index (χ0) is 49.3. The molecule has 0 aliphatic carbocycles. The second kappa shape index (κ2) is 57.0. The van der Waals surface area contributed by atoms with Crippen LogP contribution in [-0.4, -0.2) is 37.2 Å². The van der Waals surface area contributed by atoms with Gasteiger partial charge in [0.2, 0.25) is 0 Å². The molecule has 0 saturated carbocycles. The summed E-state index contributed by atoms with van der Waals surface area (Å²) in [5.74, 6) is -0.888. The van der Waals surface area contributed by atoms with Gasteiger partial charge in [-0.3, -0.25) is 14.4 Å². The predicted octanol–water partition coefficient (Wildman–Crippen LogP) is 19.8. The lowest BCUT2D eigenvalue weighted by Gasteiger charge is -2.18. The molecule has 0 saturated heterocycles. The Kier molecular flexibility index (Phi) is 54.8. The summed E-state index contributed by atoms with van der Waals surface area (Å²) in [6, 6.07) is 0. The molecule has 6 nitrogen and oxygen atoms in total. The topological polar surface area (TPSA) is 78.9 Å². The van der Waals surface area contributed by atoms with Crippen molar-refractivity contribution in [1.29, 1.82) is 0 Å². The van der Waals surface area contributed by atoms with E-state index in [1.807, 2.05) is 0 Å². The van der Waals surface area contributed by atoms with Crippen molar-refractivity contribution in [3.05, 3.63) is 48.6 Å². The number of esters is 3. The lowest BCUT2D eigenvalue weighted by molar-refractivity contribution is -0.167. The van der Waals surface area contributed by atoms with Gasteiger partial charge in [-0.05, 0) is 83.5 Å². The van der Waals surface area contributed by atoms with E-state index in [1.165, 1.54) is 180 Å².